The number of rotatable bonds is 1. The molecule has 112 valence electrons. The quantitative estimate of drug-likeness (QED) is 0.743. The maximum Gasteiger partial charge on any atom is 0.346 e. The van der Waals surface area contributed by atoms with Gasteiger partial charge in [0.2, 0.25) is 0 Å². The molecule has 2 aromatic heterocycles. The number of fused-ring (bicyclic) bond motifs is 1. The van der Waals surface area contributed by atoms with Crippen molar-refractivity contribution < 1.29 is 4.79 Å². The topological polar surface area (TPSA) is 89.9 Å². The van der Waals surface area contributed by atoms with Crippen LogP contribution >= 0.6 is 11.6 Å². The number of benzene rings is 1. The second-order valence-electron chi connectivity index (χ2n) is 4.90. The average Bonchev–Trinajstić information content (AvgIpc) is 2.88. The molecule has 1 amide bonds. The minimum Gasteiger partial charge on any atom is -0.383 e. The highest BCUT2D eigenvalue weighted by molar-refractivity contribution is 6.30. The molecule has 22 heavy (non-hydrogen) atoms. The van der Waals surface area contributed by atoms with Crippen LogP contribution in [0.1, 0.15) is 0 Å². The Morgan fingerprint density at radius 3 is 2.55 bits per heavy atom. The lowest BCUT2D eigenvalue weighted by molar-refractivity contribution is 0.217. The van der Waals surface area contributed by atoms with E-state index in [1.54, 1.807) is 38.4 Å². The summed E-state index contributed by atoms with van der Waals surface area (Å²) in [6, 6.07) is 6.79. The van der Waals surface area contributed by atoms with Gasteiger partial charge in [0.05, 0.1) is 5.39 Å². The zero-order valence-electron chi connectivity index (χ0n) is 12.0. The molecule has 0 saturated carbocycles. The van der Waals surface area contributed by atoms with Gasteiger partial charge in [-0.05, 0) is 12.1 Å². The van der Waals surface area contributed by atoms with Crippen LogP contribution in [0.4, 0.5) is 10.6 Å². The summed E-state index contributed by atoms with van der Waals surface area (Å²) in [5.41, 5.74) is 7.65. The largest absolute Gasteiger partial charge is 0.383 e. The van der Waals surface area contributed by atoms with Crippen molar-refractivity contribution in [1.29, 1.82) is 0 Å². The third kappa shape index (κ3) is 2.25. The van der Waals surface area contributed by atoms with Crippen LogP contribution in [0.5, 0.6) is 0 Å². The predicted octanol–water partition coefficient (Wildman–Crippen LogP) is 2.26. The lowest BCUT2D eigenvalue weighted by Crippen LogP contribution is -2.28. The summed E-state index contributed by atoms with van der Waals surface area (Å²) in [6.45, 7) is 0. The highest BCUT2D eigenvalue weighted by Gasteiger charge is 2.21. The van der Waals surface area contributed by atoms with Crippen molar-refractivity contribution in [2.24, 2.45) is 0 Å². The molecule has 0 spiro atoms. The molecule has 0 aliphatic heterocycles. The van der Waals surface area contributed by atoms with Crippen LogP contribution in [0.3, 0.4) is 0 Å². The number of carbonyl (C=O) groups is 1. The van der Waals surface area contributed by atoms with Gasteiger partial charge in [-0.25, -0.2) is 14.8 Å². The first-order chi connectivity index (χ1) is 10.5. The molecule has 0 unspecified atom stereocenters. The van der Waals surface area contributed by atoms with Crippen LogP contribution in [-0.2, 0) is 0 Å². The molecule has 0 bridgehead atoms. The highest BCUT2D eigenvalue weighted by Crippen LogP contribution is 2.30. The molecule has 2 heterocycles. The van der Waals surface area contributed by atoms with Gasteiger partial charge in [-0.3, -0.25) is 0 Å². The fourth-order valence-electron chi connectivity index (χ4n) is 2.11. The Kier molecular flexibility index (Phi) is 3.42. The maximum absolute atomic E-state index is 12.3. The number of hydrogen-bond donors (Lipinski definition) is 1. The van der Waals surface area contributed by atoms with E-state index in [1.165, 1.54) is 15.9 Å². The van der Waals surface area contributed by atoms with Crippen molar-refractivity contribution in [3.05, 3.63) is 35.6 Å². The molecule has 0 radical (unpaired) electrons. The SMILES string of the molecule is CN(C)C(=O)n1nc(-c2ccc(Cl)cc2)c2c(N)ncnc21. The third-order valence-corrected chi connectivity index (χ3v) is 3.43. The number of carbonyl (C=O) groups excluding carboxylic acids is 1. The molecule has 8 heteroatoms. The zero-order valence-corrected chi connectivity index (χ0v) is 12.7. The predicted molar refractivity (Wildman–Crippen MR) is 84.7 cm³/mol. The van der Waals surface area contributed by atoms with E-state index in [4.69, 9.17) is 17.3 Å². The molecular weight excluding hydrogens is 304 g/mol. The zero-order chi connectivity index (χ0) is 15.9. The van der Waals surface area contributed by atoms with E-state index in [2.05, 4.69) is 15.1 Å². The van der Waals surface area contributed by atoms with Gasteiger partial charge < -0.3 is 10.6 Å². The van der Waals surface area contributed by atoms with Gasteiger partial charge in [-0.2, -0.15) is 9.78 Å². The number of amides is 1. The summed E-state index contributed by atoms with van der Waals surface area (Å²) in [6.07, 6.45) is 1.31. The molecule has 0 saturated heterocycles. The molecule has 0 aliphatic carbocycles. The van der Waals surface area contributed by atoms with Crippen molar-refractivity contribution in [2.75, 3.05) is 19.8 Å². The Balaban J connectivity index is 2.31. The van der Waals surface area contributed by atoms with E-state index in [9.17, 15) is 4.79 Å². The van der Waals surface area contributed by atoms with Crippen LogP contribution in [0.25, 0.3) is 22.3 Å². The molecule has 1 aromatic carbocycles. The molecule has 7 nitrogen and oxygen atoms in total. The Bertz CT molecular complexity index is 856. The van der Waals surface area contributed by atoms with E-state index in [-0.39, 0.29) is 11.8 Å². The summed E-state index contributed by atoms with van der Waals surface area (Å²) in [4.78, 5) is 21.8. The Morgan fingerprint density at radius 1 is 1.23 bits per heavy atom. The van der Waals surface area contributed by atoms with E-state index in [0.717, 1.165) is 5.56 Å². The molecule has 0 fully saturated rings. The van der Waals surface area contributed by atoms with Crippen molar-refractivity contribution >= 4 is 34.5 Å². The van der Waals surface area contributed by atoms with Gasteiger partial charge >= 0.3 is 6.03 Å². The summed E-state index contributed by atoms with van der Waals surface area (Å²) < 4.78 is 1.22. The Morgan fingerprint density at radius 2 is 1.91 bits per heavy atom. The van der Waals surface area contributed by atoms with Crippen LogP contribution in [0.2, 0.25) is 5.02 Å². The number of halogens is 1. The van der Waals surface area contributed by atoms with E-state index in [1.807, 2.05) is 0 Å². The first kappa shape index (κ1) is 14.3. The molecule has 3 aromatic rings. The van der Waals surface area contributed by atoms with Gasteiger partial charge in [0.1, 0.15) is 17.8 Å². The summed E-state index contributed by atoms with van der Waals surface area (Å²) in [5, 5.41) is 5.52. The normalized spacial score (nSPS) is 10.9. The van der Waals surface area contributed by atoms with Crippen LogP contribution in [0.15, 0.2) is 30.6 Å². The van der Waals surface area contributed by atoms with E-state index in [0.29, 0.717) is 21.7 Å². The van der Waals surface area contributed by atoms with Crippen LogP contribution in [-0.4, -0.2) is 44.8 Å². The molecule has 3 rings (SSSR count). The second kappa shape index (κ2) is 5.27. The molecule has 2 N–H and O–H groups in total. The fraction of sp³-hybridized carbons (Fsp3) is 0.143. The lowest BCUT2D eigenvalue weighted by atomic mass is 10.1. The monoisotopic (exact) mass is 316 g/mol. The first-order valence-electron chi connectivity index (χ1n) is 6.46. The van der Waals surface area contributed by atoms with E-state index >= 15 is 0 Å². The number of aromatic nitrogens is 4. The number of anilines is 1. The smallest absolute Gasteiger partial charge is 0.346 e. The third-order valence-electron chi connectivity index (χ3n) is 3.18. The number of hydrogen-bond acceptors (Lipinski definition) is 5. The fourth-order valence-corrected chi connectivity index (χ4v) is 2.23. The second-order valence-corrected chi connectivity index (χ2v) is 5.34. The standard InChI is InChI=1S/C14H13ClN6O/c1-20(2)14(22)21-13-10(12(16)17-7-18-13)11(19-21)8-3-5-9(15)6-4-8/h3-7H,1-2H3,(H2,16,17,18). The van der Waals surface area contributed by atoms with Crippen LogP contribution < -0.4 is 5.73 Å². The van der Waals surface area contributed by atoms with Crippen molar-refractivity contribution in [1.82, 2.24) is 24.6 Å². The Labute approximate surface area is 131 Å². The van der Waals surface area contributed by atoms with Crippen LogP contribution in [0, 0.1) is 0 Å². The van der Waals surface area contributed by atoms with Crippen molar-refractivity contribution in [3.8, 4) is 11.3 Å². The number of nitrogens with zero attached hydrogens (tertiary/aromatic N) is 5. The highest BCUT2D eigenvalue weighted by atomic mass is 35.5. The maximum atomic E-state index is 12.3. The van der Waals surface area contributed by atoms with Gasteiger partial charge in [0, 0.05) is 24.7 Å². The Hall–Kier alpha value is -2.67. The summed E-state index contributed by atoms with van der Waals surface area (Å²) in [5.74, 6) is 0.271. The molecule has 0 atom stereocenters. The van der Waals surface area contributed by atoms with Gasteiger partial charge in [0.15, 0.2) is 5.65 Å². The van der Waals surface area contributed by atoms with Gasteiger partial charge in [-0.1, -0.05) is 23.7 Å². The number of nitrogen functional groups attached to an aromatic ring is 1. The minimum absolute atomic E-state index is 0.271. The van der Waals surface area contributed by atoms with Gasteiger partial charge in [0.25, 0.3) is 0 Å². The first-order valence-corrected chi connectivity index (χ1v) is 6.83. The number of nitrogens with two attached hydrogens (primary N) is 1. The van der Waals surface area contributed by atoms with E-state index < -0.39 is 0 Å². The van der Waals surface area contributed by atoms with Crippen molar-refractivity contribution in [2.45, 2.75) is 0 Å². The van der Waals surface area contributed by atoms with Crippen molar-refractivity contribution in [3.63, 3.8) is 0 Å². The molecular formula is C14H13ClN6O. The minimum atomic E-state index is -0.316. The summed E-state index contributed by atoms with van der Waals surface area (Å²) >= 11 is 5.91. The average molecular weight is 317 g/mol. The van der Waals surface area contributed by atoms with Gasteiger partial charge in [-0.15, -0.1) is 0 Å². The lowest BCUT2D eigenvalue weighted by Gasteiger charge is -2.09. The molecule has 0 aliphatic rings. The summed E-state index contributed by atoms with van der Waals surface area (Å²) in [7, 11) is 3.28.